The molecule has 0 spiro atoms. The Morgan fingerprint density at radius 1 is 1.03 bits per heavy atom. The van der Waals surface area contributed by atoms with Gasteiger partial charge in [-0.3, -0.25) is 14.5 Å². The second-order valence-corrected chi connectivity index (χ2v) is 9.53. The van der Waals surface area contributed by atoms with E-state index in [1.807, 2.05) is 13.0 Å². The van der Waals surface area contributed by atoms with Gasteiger partial charge < -0.3 is 5.32 Å². The molecular formula is C23H27F3N2O2S. The van der Waals surface area contributed by atoms with Gasteiger partial charge in [0.25, 0.3) is 0 Å². The van der Waals surface area contributed by atoms with Crippen molar-refractivity contribution in [1.82, 2.24) is 5.32 Å². The number of hydrogen-bond acceptors (Lipinski definition) is 3. The number of anilines is 1. The van der Waals surface area contributed by atoms with Crippen molar-refractivity contribution in [3.63, 3.8) is 0 Å². The van der Waals surface area contributed by atoms with Crippen molar-refractivity contribution in [2.75, 3.05) is 4.90 Å². The van der Waals surface area contributed by atoms with Gasteiger partial charge in [0.15, 0.2) is 6.04 Å². The van der Waals surface area contributed by atoms with Gasteiger partial charge in [-0.05, 0) is 69.0 Å². The lowest BCUT2D eigenvalue weighted by atomic mass is 9.95. The SMILES string of the molecule is Cc1cc(C)cc(N(C(=O)C(F)(F)F)[C@H](C(=O)NC2CCCCC2)c2ccc(C)s2)c1. The summed E-state index contributed by atoms with van der Waals surface area (Å²) < 4.78 is 41.0. The minimum atomic E-state index is -5.12. The number of nitrogens with zero attached hydrogens (tertiary/aromatic N) is 1. The molecule has 1 saturated carbocycles. The first-order chi connectivity index (χ1) is 14.6. The van der Waals surface area contributed by atoms with E-state index in [1.165, 1.54) is 23.5 Å². The summed E-state index contributed by atoms with van der Waals surface area (Å²) in [5, 5.41) is 2.92. The van der Waals surface area contributed by atoms with Gasteiger partial charge in [-0.1, -0.05) is 25.3 Å². The average molecular weight is 453 g/mol. The molecular weight excluding hydrogens is 425 g/mol. The molecule has 4 nitrogen and oxygen atoms in total. The topological polar surface area (TPSA) is 49.4 Å². The lowest BCUT2D eigenvalue weighted by molar-refractivity contribution is -0.171. The normalized spacial score (nSPS) is 16.1. The number of amides is 2. The Morgan fingerprint density at radius 2 is 1.65 bits per heavy atom. The molecule has 0 unspecified atom stereocenters. The summed E-state index contributed by atoms with van der Waals surface area (Å²) in [6.45, 7) is 5.31. The summed E-state index contributed by atoms with van der Waals surface area (Å²) in [6, 6.07) is 6.73. The van der Waals surface area contributed by atoms with Crippen LogP contribution in [0.4, 0.5) is 18.9 Å². The molecule has 8 heteroatoms. The fourth-order valence-electron chi connectivity index (χ4n) is 4.11. The first-order valence-electron chi connectivity index (χ1n) is 10.4. The predicted octanol–water partition coefficient (Wildman–Crippen LogP) is 5.76. The summed E-state index contributed by atoms with van der Waals surface area (Å²) in [4.78, 5) is 27.9. The summed E-state index contributed by atoms with van der Waals surface area (Å²) in [7, 11) is 0. The van der Waals surface area contributed by atoms with Crippen LogP contribution in [0.25, 0.3) is 0 Å². The van der Waals surface area contributed by atoms with E-state index in [2.05, 4.69) is 5.32 Å². The lowest BCUT2D eigenvalue weighted by Gasteiger charge is -2.33. The molecule has 1 aliphatic rings. The Bertz CT molecular complexity index is 928. The standard InChI is InChI=1S/C23H27F3N2O2S/c1-14-11-15(2)13-18(12-14)28(22(30)23(24,25)26)20(19-10-9-16(3)31-19)21(29)27-17-7-5-4-6-8-17/h9-13,17,20H,4-8H2,1-3H3,(H,27,29)/t20-/m0/s1. The molecule has 2 aromatic rings. The maximum absolute atomic E-state index is 13.7. The summed E-state index contributed by atoms with van der Waals surface area (Å²) in [5.74, 6) is -2.63. The zero-order valence-corrected chi connectivity index (χ0v) is 18.7. The third-order valence-corrected chi connectivity index (χ3v) is 6.49. The Labute approximate surface area is 184 Å². The molecule has 1 aliphatic carbocycles. The van der Waals surface area contributed by atoms with Gasteiger partial charge in [0.1, 0.15) is 0 Å². The van der Waals surface area contributed by atoms with Gasteiger partial charge in [-0.2, -0.15) is 13.2 Å². The van der Waals surface area contributed by atoms with Crippen LogP contribution in [-0.4, -0.2) is 24.0 Å². The number of halogens is 3. The second-order valence-electron chi connectivity index (χ2n) is 8.21. The van der Waals surface area contributed by atoms with Crippen LogP contribution in [0, 0.1) is 20.8 Å². The lowest BCUT2D eigenvalue weighted by Crippen LogP contribution is -2.50. The van der Waals surface area contributed by atoms with E-state index in [-0.39, 0.29) is 11.7 Å². The molecule has 3 rings (SSSR count). The van der Waals surface area contributed by atoms with Crippen LogP contribution in [-0.2, 0) is 9.59 Å². The second kappa shape index (κ2) is 9.42. The van der Waals surface area contributed by atoms with E-state index in [1.54, 1.807) is 26.0 Å². The van der Waals surface area contributed by atoms with Gasteiger partial charge in [-0.15, -0.1) is 11.3 Å². The van der Waals surface area contributed by atoms with Crippen LogP contribution in [0.3, 0.4) is 0 Å². The molecule has 31 heavy (non-hydrogen) atoms. The van der Waals surface area contributed by atoms with E-state index in [9.17, 15) is 22.8 Å². The molecule has 0 aliphatic heterocycles. The van der Waals surface area contributed by atoms with Gasteiger partial charge in [0, 0.05) is 21.5 Å². The largest absolute Gasteiger partial charge is 0.471 e. The molecule has 1 aromatic heterocycles. The molecule has 1 fully saturated rings. The van der Waals surface area contributed by atoms with E-state index in [4.69, 9.17) is 0 Å². The van der Waals surface area contributed by atoms with Crippen molar-refractivity contribution in [3.05, 3.63) is 51.2 Å². The predicted molar refractivity (Wildman–Crippen MR) is 116 cm³/mol. The Balaban J connectivity index is 2.09. The maximum atomic E-state index is 13.7. The minimum absolute atomic E-state index is 0.0645. The monoisotopic (exact) mass is 452 g/mol. The number of hydrogen-bond donors (Lipinski definition) is 1. The van der Waals surface area contributed by atoms with Crippen molar-refractivity contribution in [1.29, 1.82) is 0 Å². The van der Waals surface area contributed by atoms with Gasteiger partial charge in [0.2, 0.25) is 5.91 Å². The minimum Gasteiger partial charge on any atom is -0.351 e. The third-order valence-electron chi connectivity index (χ3n) is 5.43. The van der Waals surface area contributed by atoms with Crippen LogP contribution in [0.2, 0.25) is 0 Å². The Morgan fingerprint density at radius 3 is 2.16 bits per heavy atom. The summed E-state index contributed by atoms with van der Waals surface area (Å²) >= 11 is 1.22. The van der Waals surface area contributed by atoms with Gasteiger partial charge in [0.05, 0.1) is 0 Å². The van der Waals surface area contributed by atoms with Crippen molar-refractivity contribution >= 4 is 28.8 Å². The molecule has 1 atom stereocenters. The number of rotatable bonds is 5. The quantitative estimate of drug-likeness (QED) is 0.627. The van der Waals surface area contributed by atoms with Crippen LogP contribution in [0.5, 0.6) is 0 Å². The number of nitrogens with one attached hydrogen (secondary N) is 1. The van der Waals surface area contributed by atoms with Crippen LogP contribution in [0.15, 0.2) is 30.3 Å². The average Bonchev–Trinajstić information content (AvgIpc) is 3.10. The highest BCUT2D eigenvalue weighted by molar-refractivity contribution is 7.12. The number of thiophene rings is 1. The number of benzene rings is 1. The van der Waals surface area contributed by atoms with Gasteiger partial charge >= 0.3 is 12.1 Å². The van der Waals surface area contributed by atoms with E-state index in [0.29, 0.717) is 20.9 Å². The first kappa shape index (κ1) is 23.3. The maximum Gasteiger partial charge on any atom is 0.471 e. The number of alkyl halides is 3. The van der Waals surface area contributed by atoms with E-state index >= 15 is 0 Å². The molecule has 0 bridgehead atoms. The van der Waals surface area contributed by atoms with Crippen LogP contribution < -0.4 is 10.2 Å². The van der Waals surface area contributed by atoms with Crippen molar-refractivity contribution in [2.24, 2.45) is 0 Å². The molecule has 168 valence electrons. The number of carbonyl (C=O) groups excluding carboxylic acids is 2. The Kier molecular flexibility index (Phi) is 7.09. The highest BCUT2D eigenvalue weighted by Gasteiger charge is 2.48. The Hall–Kier alpha value is -2.35. The fourth-order valence-corrected chi connectivity index (χ4v) is 5.08. The summed E-state index contributed by atoms with van der Waals surface area (Å²) in [6.07, 6.45) is -0.516. The van der Waals surface area contributed by atoms with Crippen LogP contribution >= 0.6 is 11.3 Å². The molecule has 1 aromatic carbocycles. The molecule has 0 radical (unpaired) electrons. The highest BCUT2D eigenvalue weighted by Crippen LogP contribution is 2.36. The zero-order valence-electron chi connectivity index (χ0n) is 17.9. The summed E-state index contributed by atoms with van der Waals surface area (Å²) in [5.41, 5.74) is 1.49. The van der Waals surface area contributed by atoms with Crippen LogP contribution in [0.1, 0.15) is 59.0 Å². The number of carbonyl (C=O) groups is 2. The zero-order chi connectivity index (χ0) is 22.8. The van der Waals surface area contributed by atoms with Crippen molar-refractivity contribution in [3.8, 4) is 0 Å². The number of aryl methyl sites for hydroxylation is 3. The molecule has 2 amide bonds. The molecule has 1 heterocycles. The van der Waals surface area contributed by atoms with Crippen molar-refractivity contribution in [2.45, 2.75) is 71.1 Å². The molecule has 0 saturated heterocycles. The van der Waals surface area contributed by atoms with Gasteiger partial charge in [-0.25, -0.2) is 0 Å². The smallest absolute Gasteiger partial charge is 0.351 e. The highest BCUT2D eigenvalue weighted by atomic mass is 32.1. The fraction of sp³-hybridized carbons (Fsp3) is 0.478. The third kappa shape index (κ3) is 5.67. The first-order valence-corrected chi connectivity index (χ1v) is 11.2. The molecule has 1 N–H and O–H groups in total. The van der Waals surface area contributed by atoms with E-state index < -0.39 is 24.0 Å². The van der Waals surface area contributed by atoms with E-state index in [0.717, 1.165) is 37.0 Å². The van der Waals surface area contributed by atoms with Crippen molar-refractivity contribution < 1.29 is 22.8 Å².